The Labute approximate surface area is 104 Å². The number of carbonyl (C=O) groups excluding carboxylic acids is 1. The van der Waals surface area contributed by atoms with Gasteiger partial charge in [0.1, 0.15) is 0 Å². The highest BCUT2D eigenvalue weighted by atomic mass is 16.5. The van der Waals surface area contributed by atoms with E-state index in [4.69, 9.17) is 10.5 Å². The third-order valence-electron chi connectivity index (χ3n) is 3.11. The predicted molar refractivity (Wildman–Crippen MR) is 67.9 cm³/mol. The summed E-state index contributed by atoms with van der Waals surface area (Å²) in [4.78, 5) is 13.7. The summed E-state index contributed by atoms with van der Waals surface area (Å²) >= 11 is 0. The zero-order chi connectivity index (χ0) is 12.5. The van der Waals surface area contributed by atoms with Gasteiger partial charge in [-0.15, -0.1) is 0 Å². The van der Waals surface area contributed by atoms with Crippen LogP contribution in [0, 0.1) is 5.92 Å². The molecular formula is C12H25N3O2. The van der Waals surface area contributed by atoms with Gasteiger partial charge in [0.25, 0.3) is 0 Å². The average Bonchev–Trinajstić information content (AvgIpc) is 2.37. The second kappa shape index (κ2) is 8.31. The van der Waals surface area contributed by atoms with Crippen molar-refractivity contribution < 1.29 is 9.53 Å². The molecule has 5 nitrogen and oxygen atoms in total. The monoisotopic (exact) mass is 243 g/mol. The first-order valence-corrected chi connectivity index (χ1v) is 6.58. The zero-order valence-electron chi connectivity index (χ0n) is 10.8. The number of ether oxygens (including phenoxy) is 1. The van der Waals surface area contributed by atoms with E-state index in [1.807, 2.05) is 4.90 Å². The van der Waals surface area contributed by atoms with Crippen LogP contribution in [0.5, 0.6) is 0 Å². The van der Waals surface area contributed by atoms with Gasteiger partial charge < -0.3 is 20.7 Å². The molecule has 1 saturated heterocycles. The number of hydrogen-bond acceptors (Lipinski definition) is 3. The van der Waals surface area contributed by atoms with Gasteiger partial charge in [0.05, 0.1) is 13.2 Å². The highest BCUT2D eigenvalue weighted by Crippen LogP contribution is 2.09. The Morgan fingerprint density at radius 1 is 1.41 bits per heavy atom. The number of rotatable bonds is 6. The number of morpholine rings is 1. The van der Waals surface area contributed by atoms with Crippen molar-refractivity contribution in [2.75, 3.05) is 39.4 Å². The Bertz CT molecular complexity index is 212. The van der Waals surface area contributed by atoms with Crippen molar-refractivity contribution in [1.82, 2.24) is 10.2 Å². The van der Waals surface area contributed by atoms with E-state index in [9.17, 15) is 4.79 Å². The van der Waals surface area contributed by atoms with E-state index in [1.165, 1.54) is 0 Å². The highest BCUT2D eigenvalue weighted by molar-refractivity contribution is 5.74. The molecule has 100 valence electrons. The molecule has 1 aliphatic rings. The van der Waals surface area contributed by atoms with E-state index in [-0.39, 0.29) is 6.03 Å². The first kappa shape index (κ1) is 14.3. The summed E-state index contributed by atoms with van der Waals surface area (Å²) in [5.41, 5.74) is 5.57. The van der Waals surface area contributed by atoms with Crippen LogP contribution in [0.2, 0.25) is 0 Å². The van der Waals surface area contributed by atoms with Crippen molar-refractivity contribution in [1.29, 1.82) is 0 Å². The number of nitrogens with one attached hydrogen (secondary N) is 1. The third-order valence-corrected chi connectivity index (χ3v) is 3.11. The molecular weight excluding hydrogens is 218 g/mol. The Hall–Kier alpha value is -0.810. The molecule has 17 heavy (non-hydrogen) atoms. The molecule has 0 aliphatic carbocycles. The lowest BCUT2D eigenvalue weighted by Crippen LogP contribution is -2.47. The minimum Gasteiger partial charge on any atom is -0.378 e. The summed E-state index contributed by atoms with van der Waals surface area (Å²) in [6.45, 7) is 6.28. The fraction of sp³-hybridized carbons (Fsp3) is 0.917. The molecule has 0 saturated carbocycles. The van der Waals surface area contributed by atoms with Crippen LogP contribution in [-0.2, 0) is 4.74 Å². The van der Waals surface area contributed by atoms with Crippen molar-refractivity contribution in [3.8, 4) is 0 Å². The van der Waals surface area contributed by atoms with Crippen LogP contribution in [-0.4, -0.2) is 50.3 Å². The summed E-state index contributed by atoms with van der Waals surface area (Å²) in [6, 6.07) is 0.0337. The average molecular weight is 243 g/mol. The number of amides is 2. The van der Waals surface area contributed by atoms with Gasteiger partial charge in [0, 0.05) is 19.6 Å². The van der Waals surface area contributed by atoms with Gasteiger partial charge in [-0.1, -0.05) is 13.3 Å². The second-order valence-corrected chi connectivity index (χ2v) is 4.52. The molecule has 0 aromatic rings. The fourth-order valence-corrected chi connectivity index (χ4v) is 2.10. The summed E-state index contributed by atoms with van der Waals surface area (Å²) in [6.07, 6.45) is 3.25. The van der Waals surface area contributed by atoms with Crippen LogP contribution in [0.4, 0.5) is 4.79 Å². The van der Waals surface area contributed by atoms with E-state index in [0.29, 0.717) is 38.8 Å². The first-order valence-electron chi connectivity index (χ1n) is 6.58. The minimum absolute atomic E-state index is 0.0337. The number of hydrogen-bond donors (Lipinski definition) is 2. The lowest BCUT2D eigenvalue weighted by atomic mass is 10.00. The number of nitrogens with two attached hydrogens (primary N) is 1. The summed E-state index contributed by atoms with van der Waals surface area (Å²) < 4.78 is 5.21. The normalized spacial score (nSPS) is 17.9. The van der Waals surface area contributed by atoms with E-state index in [0.717, 1.165) is 25.8 Å². The predicted octanol–water partition coefficient (Wildman–Crippen LogP) is 0.793. The van der Waals surface area contributed by atoms with E-state index >= 15 is 0 Å². The summed E-state index contributed by atoms with van der Waals surface area (Å²) in [5, 5.41) is 3.00. The maximum absolute atomic E-state index is 11.8. The largest absolute Gasteiger partial charge is 0.378 e. The van der Waals surface area contributed by atoms with Crippen molar-refractivity contribution in [2.24, 2.45) is 11.7 Å². The molecule has 1 atom stereocenters. The van der Waals surface area contributed by atoms with Crippen LogP contribution >= 0.6 is 0 Å². The number of urea groups is 1. The van der Waals surface area contributed by atoms with Crippen molar-refractivity contribution in [3.63, 3.8) is 0 Å². The number of carbonyl (C=O) groups is 1. The molecule has 1 rings (SSSR count). The molecule has 3 N–H and O–H groups in total. The topological polar surface area (TPSA) is 67.6 Å². The van der Waals surface area contributed by atoms with E-state index in [1.54, 1.807) is 0 Å². The molecule has 1 unspecified atom stereocenters. The smallest absolute Gasteiger partial charge is 0.317 e. The molecule has 5 heteroatoms. The van der Waals surface area contributed by atoms with Crippen molar-refractivity contribution in [2.45, 2.75) is 26.2 Å². The Balaban J connectivity index is 2.24. The molecule has 1 aliphatic heterocycles. The molecule has 1 heterocycles. The lowest BCUT2D eigenvalue weighted by molar-refractivity contribution is 0.0529. The quantitative estimate of drug-likeness (QED) is 0.725. The van der Waals surface area contributed by atoms with Crippen LogP contribution in [0.1, 0.15) is 26.2 Å². The van der Waals surface area contributed by atoms with Gasteiger partial charge in [-0.05, 0) is 25.3 Å². The summed E-state index contributed by atoms with van der Waals surface area (Å²) in [7, 11) is 0. The van der Waals surface area contributed by atoms with Crippen molar-refractivity contribution >= 4 is 6.03 Å². The highest BCUT2D eigenvalue weighted by Gasteiger charge is 2.17. The van der Waals surface area contributed by atoms with Gasteiger partial charge in [0.2, 0.25) is 0 Å². The molecule has 2 amide bonds. The van der Waals surface area contributed by atoms with Gasteiger partial charge in [-0.25, -0.2) is 4.79 Å². The zero-order valence-corrected chi connectivity index (χ0v) is 10.8. The maximum atomic E-state index is 11.8. The lowest BCUT2D eigenvalue weighted by Gasteiger charge is -2.28. The number of nitrogens with zero attached hydrogens (tertiary/aromatic N) is 1. The van der Waals surface area contributed by atoms with Crippen molar-refractivity contribution in [3.05, 3.63) is 0 Å². The molecule has 0 bridgehead atoms. The molecule has 1 fully saturated rings. The van der Waals surface area contributed by atoms with Gasteiger partial charge in [-0.3, -0.25) is 0 Å². The molecule has 0 aromatic carbocycles. The summed E-state index contributed by atoms with van der Waals surface area (Å²) in [5.74, 6) is 0.509. The Morgan fingerprint density at radius 2 is 2.12 bits per heavy atom. The van der Waals surface area contributed by atoms with Gasteiger partial charge in [-0.2, -0.15) is 0 Å². The Morgan fingerprint density at radius 3 is 2.71 bits per heavy atom. The third kappa shape index (κ3) is 5.37. The Kier molecular flexibility index (Phi) is 6.96. The van der Waals surface area contributed by atoms with E-state index in [2.05, 4.69) is 12.2 Å². The molecule has 0 aromatic heterocycles. The molecule has 0 radical (unpaired) electrons. The first-order chi connectivity index (χ1) is 8.27. The van der Waals surface area contributed by atoms with Crippen LogP contribution in [0.15, 0.2) is 0 Å². The van der Waals surface area contributed by atoms with Crippen LogP contribution in [0.25, 0.3) is 0 Å². The standard InChI is InChI=1S/C12H25N3O2/c1-2-3-11(4-5-13)10-14-12(16)15-6-8-17-9-7-15/h11H,2-10,13H2,1H3,(H,14,16). The van der Waals surface area contributed by atoms with Gasteiger partial charge >= 0.3 is 6.03 Å². The maximum Gasteiger partial charge on any atom is 0.317 e. The van der Waals surface area contributed by atoms with Crippen LogP contribution < -0.4 is 11.1 Å². The SMILES string of the molecule is CCCC(CCN)CNC(=O)N1CCOCC1. The minimum atomic E-state index is 0.0337. The molecule has 0 spiro atoms. The second-order valence-electron chi connectivity index (χ2n) is 4.52. The fourth-order valence-electron chi connectivity index (χ4n) is 2.10. The van der Waals surface area contributed by atoms with E-state index < -0.39 is 0 Å². The van der Waals surface area contributed by atoms with Gasteiger partial charge in [0.15, 0.2) is 0 Å². The van der Waals surface area contributed by atoms with Crippen LogP contribution in [0.3, 0.4) is 0 Å².